The average molecular weight is 415 g/mol. The van der Waals surface area contributed by atoms with Gasteiger partial charge in [0.15, 0.2) is 0 Å². The van der Waals surface area contributed by atoms with Crippen LogP contribution in [0.2, 0.25) is 0 Å². The summed E-state index contributed by atoms with van der Waals surface area (Å²) in [7, 11) is 0. The average Bonchev–Trinajstić information content (AvgIpc) is 2.57. The lowest BCUT2D eigenvalue weighted by molar-refractivity contribution is -0.122. The second-order valence-electron chi connectivity index (χ2n) is 5.96. The van der Waals surface area contributed by atoms with Gasteiger partial charge in [-0.3, -0.25) is 14.9 Å². The molecular weight excluding hydrogens is 400 g/mol. The number of hydrogen-bond acceptors (Lipinski definition) is 4. The summed E-state index contributed by atoms with van der Waals surface area (Å²) in [5.74, 6) is -1.42. The van der Waals surface area contributed by atoms with Crippen molar-refractivity contribution in [1.29, 1.82) is 0 Å². The molecule has 4 amide bonds. The molecule has 1 saturated heterocycles. The molecule has 7 heteroatoms. The molecule has 0 aliphatic carbocycles. The van der Waals surface area contributed by atoms with Crippen molar-refractivity contribution in [1.82, 2.24) is 5.32 Å². The number of amides is 4. The number of anilines is 1. The number of aryl methyl sites for hydroxylation is 2. The van der Waals surface area contributed by atoms with Gasteiger partial charge in [-0.15, -0.1) is 0 Å². The van der Waals surface area contributed by atoms with E-state index in [-0.39, 0.29) is 11.3 Å². The van der Waals surface area contributed by atoms with E-state index in [2.05, 4.69) is 21.2 Å². The first-order chi connectivity index (χ1) is 12.3. The van der Waals surface area contributed by atoms with E-state index in [0.717, 1.165) is 16.0 Å². The summed E-state index contributed by atoms with van der Waals surface area (Å²) in [5.41, 5.74) is 2.42. The Bertz CT molecular complexity index is 981. The van der Waals surface area contributed by atoms with Crippen molar-refractivity contribution < 1.29 is 19.5 Å². The molecule has 3 rings (SSSR count). The first-order valence-corrected chi connectivity index (χ1v) is 8.54. The number of imide groups is 2. The molecule has 0 unspecified atom stereocenters. The minimum Gasteiger partial charge on any atom is -0.507 e. The second kappa shape index (κ2) is 6.76. The second-order valence-corrected chi connectivity index (χ2v) is 6.81. The number of halogens is 1. The summed E-state index contributed by atoms with van der Waals surface area (Å²) < 4.78 is 0.429. The van der Waals surface area contributed by atoms with E-state index in [1.165, 1.54) is 12.1 Å². The number of rotatable bonds is 2. The Balaban J connectivity index is 2.07. The fraction of sp³-hybridized carbons (Fsp3) is 0.105. The lowest BCUT2D eigenvalue weighted by Crippen LogP contribution is -2.54. The zero-order valence-corrected chi connectivity index (χ0v) is 15.6. The molecule has 6 nitrogen and oxygen atoms in total. The Morgan fingerprint density at radius 1 is 1.08 bits per heavy atom. The number of aromatic hydroxyl groups is 1. The number of nitrogens with one attached hydrogen (secondary N) is 1. The Hall–Kier alpha value is -2.93. The van der Waals surface area contributed by atoms with Gasteiger partial charge in [0.1, 0.15) is 11.3 Å². The standard InChI is InChI=1S/C19H15BrN2O4/c1-10-3-4-11(2)15(7-10)22-18(25)13(17(24)21-19(22)26)8-12-5-6-16(23)14(20)9-12/h3-9,23H,1-2H3,(H,21,24,26). The predicted octanol–water partition coefficient (Wildman–Crippen LogP) is 3.44. The summed E-state index contributed by atoms with van der Waals surface area (Å²) in [6.45, 7) is 3.64. The van der Waals surface area contributed by atoms with Crippen LogP contribution in [0.3, 0.4) is 0 Å². The predicted molar refractivity (Wildman–Crippen MR) is 101 cm³/mol. The lowest BCUT2D eigenvalue weighted by atomic mass is 10.0. The van der Waals surface area contributed by atoms with E-state index in [1.807, 2.05) is 19.1 Å². The van der Waals surface area contributed by atoms with Gasteiger partial charge in [-0.25, -0.2) is 9.69 Å². The highest BCUT2D eigenvalue weighted by atomic mass is 79.9. The van der Waals surface area contributed by atoms with Crippen LogP contribution in [0.15, 0.2) is 46.4 Å². The van der Waals surface area contributed by atoms with Crippen LogP contribution in [0, 0.1) is 13.8 Å². The lowest BCUT2D eigenvalue weighted by Gasteiger charge is -2.27. The van der Waals surface area contributed by atoms with Gasteiger partial charge < -0.3 is 5.11 Å². The third-order valence-corrected chi connectivity index (χ3v) is 4.63. The molecular formula is C19H15BrN2O4. The summed E-state index contributed by atoms with van der Waals surface area (Å²) in [6, 6.07) is 9.20. The molecule has 0 radical (unpaired) electrons. The molecule has 1 aliphatic rings. The molecule has 1 heterocycles. The number of phenols is 1. The van der Waals surface area contributed by atoms with E-state index in [4.69, 9.17) is 0 Å². The van der Waals surface area contributed by atoms with E-state index in [9.17, 15) is 19.5 Å². The number of barbiturate groups is 1. The SMILES string of the molecule is Cc1ccc(C)c(N2C(=O)NC(=O)C(=Cc3ccc(O)c(Br)c3)C2=O)c1. The molecule has 0 atom stereocenters. The van der Waals surface area contributed by atoms with E-state index in [0.29, 0.717) is 15.7 Å². The van der Waals surface area contributed by atoms with Gasteiger partial charge in [-0.05, 0) is 70.7 Å². The van der Waals surface area contributed by atoms with Crippen molar-refractivity contribution in [2.24, 2.45) is 0 Å². The van der Waals surface area contributed by atoms with Crippen LogP contribution in [0.1, 0.15) is 16.7 Å². The zero-order valence-electron chi connectivity index (χ0n) is 14.0. The third kappa shape index (κ3) is 3.25. The van der Waals surface area contributed by atoms with Gasteiger partial charge in [0, 0.05) is 0 Å². The number of carbonyl (C=O) groups excluding carboxylic acids is 3. The van der Waals surface area contributed by atoms with Gasteiger partial charge in [0.05, 0.1) is 10.2 Å². The normalized spacial score (nSPS) is 16.2. The van der Waals surface area contributed by atoms with E-state index in [1.54, 1.807) is 25.1 Å². The number of hydrogen-bond donors (Lipinski definition) is 2. The van der Waals surface area contributed by atoms with Crippen molar-refractivity contribution in [3.05, 3.63) is 63.1 Å². The molecule has 0 bridgehead atoms. The van der Waals surface area contributed by atoms with Crippen LogP contribution in [0.4, 0.5) is 10.5 Å². The molecule has 2 aromatic rings. The maximum absolute atomic E-state index is 12.9. The third-order valence-electron chi connectivity index (χ3n) is 3.99. The number of urea groups is 1. The maximum Gasteiger partial charge on any atom is 0.335 e. The molecule has 26 heavy (non-hydrogen) atoms. The van der Waals surface area contributed by atoms with Crippen molar-refractivity contribution in [2.75, 3.05) is 4.90 Å². The molecule has 2 aromatic carbocycles. The molecule has 1 fully saturated rings. The smallest absolute Gasteiger partial charge is 0.335 e. The summed E-state index contributed by atoms with van der Waals surface area (Å²) in [4.78, 5) is 38.3. The fourth-order valence-corrected chi connectivity index (χ4v) is 3.01. The van der Waals surface area contributed by atoms with Crippen LogP contribution >= 0.6 is 15.9 Å². The van der Waals surface area contributed by atoms with E-state index < -0.39 is 17.8 Å². The van der Waals surface area contributed by atoms with Gasteiger partial charge >= 0.3 is 6.03 Å². The minimum absolute atomic E-state index is 0.0405. The van der Waals surface area contributed by atoms with Crippen LogP contribution in [-0.4, -0.2) is 23.0 Å². The Kier molecular flexibility index (Phi) is 4.65. The first kappa shape index (κ1) is 17.9. The van der Waals surface area contributed by atoms with Gasteiger partial charge in [0.2, 0.25) is 0 Å². The van der Waals surface area contributed by atoms with Crippen molar-refractivity contribution >= 4 is 45.5 Å². The van der Waals surface area contributed by atoms with Crippen molar-refractivity contribution in [3.8, 4) is 5.75 Å². The van der Waals surface area contributed by atoms with Gasteiger partial charge in [0.25, 0.3) is 11.8 Å². The van der Waals surface area contributed by atoms with Crippen LogP contribution < -0.4 is 10.2 Å². The molecule has 0 spiro atoms. The molecule has 1 aliphatic heterocycles. The van der Waals surface area contributed by atoms with Crippen LogP contribution in [-0.2, 0) is 9.59 Å². The molecule has 0 aromatic heterocycles. The molecule has 132 valence electrons. The quantitative estimate of drug-likeness (QED) is 0.581. The summed E-state index contributed by atoms with van der Waals surface area (Å²) >= 11 is 3.19. The maximum atomic E-state index is 12.9. The number of benzene rings is 2. The number of nitrogens with zero attached hydrogens (tertiary/aromatic N) is 1. The van der Waals surface area contributed by atoms with Crippen LogP contribution in [0.5, 0.6) is 5.75 Å². The van der Waals surface area contributed by atoms with Gasteiger partial charge in [-0.2, -0.15) is 0 Å². The molecule has 2 N–H and O–H groups in total. The Labute approximate surface area is 158 Å². The molecule has 0 saturated carbocycles. The Morgan fingerprint density at radius 2 is 1.81 bits per heavy atom. The summed E-state index contributed by atoms with van der Waals surface area (Å²) in [5, 5.41) is 11.8. The number of carbonyl (C=O) groups is 3. The van der Waals surface area contributed by atoms with E-state index >= 15 is 0 Å². The topological polar surface area (TPSA) is 86.7 Å². The number of phenolic OH excluding ortho intramolecular Hbond substituents is 1. The minimum atomic E-state index is -0.780. The Morgan fingerprint density at radius 3 is 2.50 bits per heavy atom. The first-order valence-electron chi connectivity index (χ1n) is 7.75. The zero-order chi connectivity index (χ0) is 19.0. The monoisotopic (exact) mass is 414 g/mol. The van der Waals surface area contributed by atoms with Crippen molar-refractivity contribution in [3.63, 3.8) is 0 Å². The highest BCUT2D eigenvalue weighted by Crippen LogP contribution is 2.28. The largest absolute Gasteiger partial charge is 0.507 e. The van der Waals surface area contributed by atoms with Gasteiger partial charge in [-0.1, -0.05) is 18.2 Å². The highest BCUT2D eigenvalue weighted by Gasteiger charge is 2.37. The highest BCUT2D eigenvalue weighted by molar-refractivity contribution is 9.10. The van der Waals surface area contributed by atoms with Crippen LogP contribution in [0.25, 0.3) is 6.08 Å². The summed E-state index contributed by atoms with van der Waals surface area (Å²) in [6.07, 6.45) is 1.38. The van der Waals surface area contributed by atoms with Crippen molar-refractivity contribution in [2.45, 2.75) is 13.8 Å². The fourth-order valence-electron chi connectivity index (χ4n) is 2.62.